The molecule has 1 saturated heterocycles. The summed E-state index contributed by atoms with van der Waals surface area (Å²) in [6.07, 6.45) is 3.75. The van der Waals surface area contributed by atoms with Crippen molar-refractivity contribution >= 4 is 18.3 Å². The van der Waals surface area contributed by atoms with E-state index in [0.717, 1.165) is 31.7 Å². The predicted octanol–water partition coefficient (Wildman–Crippen LogP) is 2.73. The first-order chi connectivity index (χ1) is 12.9. The lowest BCUT2D eigenvalue weighted by atomic mass is 9.87. The standard InChI is InChI=1S/C20H29N5O2.ClH/c1-20(2,3)15-4-6-17(7-5-15)27-13-12-22-19(26)18-14-25(24-23-18)16-8-10-21-11-9-16;/h4-7,14,16,21H,8-13H2,1-3H3,(H,22,26);1H. The fraction of sp³-hybridized carbons (Fsp3) is 0.550. The molecule has 1 aromatic carbocycles. The van der Waals surface area contributed by atoms with Crippen molar-refractivity contribution in [3.05, 3.63) is 41.7 Å². The molecule has 1 fully saturated rings. The number of piperidine rings is 1. The van der Waals surface area contributed by atoms with Gasteiger partial charge < -0.3 is 15.4 Å². The number of carbonyl (C=O) groups is 1. The molecule has 154 valence electrons. The van der Waals surface area contributed by atoms with Crippen molar-refractivity contribution in [3.8, 4) is 5.75 Å². The Hall–Kier alpha value is -2.12. The third-order valence-electron chi connectivity index (χ3n) is 4.80. The van der Waals surface area contributed by atoms with Crippen molar-refractivity contribution in [2.24, 2.45) is 0 Å². The average molecular weight is 408 g/mol. The quantitative estimate of drug-likeness (QED) is 0.719. The summed E-state index contributed by atoms with van der Waals surface area (Å²) >= 11 is 0. The Labute approximate surface area is 172 Å². The van der Waals surface area contributed by atoms with Crippen LogP contribution in [0.5, 0.6) is 5.75 Å². The number of hydrogen-bond acceptors (Lipinski definition) is 5. The lowest BCUT2D eigenvalue weighted by molar-refractivity contribution is 0.0942. The molecule has 0 aliphatic carbocycles. The normalized spacial score (nSPS) is 15.0. The van der Waals surface area contributed by atoms with Gasteiger partial charge in [0.2, 0.25) is 0 Å². The highest BCUT2D eigenvalue weighted by Gasteiger charge is 2.18. The van der Waals surface area contributed by atoms with Gasteiger partial charge >= 0.3 is 0 Å². The number of nitrogens with one attached hydrogen (secondary N) is 2. The molecule has 3 rings (SSSR count). The summed E-state index contributed by atoms with van der Waals surface area (Å²) < 4.78 is 7.51. The molecule has 0 spiro atoms. The molecule has 1 aromatic heterocycles. The van der Waals surface area contributed by atoms with Crippen LogP contribution in [-0.2, 0) is 5.41 Å². The molecule has 2 N–H and O–H groups in total. The minimum atomic E-state index is -0.220. The molecule has 0 radical (unpaired) electrons. The van der Waals surface area contributed by atoms with Crippen LogP contribution >= 0.6 is 12.4 Å². The van der Waals surface area contributed by atoms with Crippen LogP contribution in [0.25, 0.3) is 0 Å². The molecule has 0 atom stereocenters. The summed E-state index contributed by atoms with van der Waals surface area (Å²) in [5.74, 6) is 0.580. The van der Waals surface area contributed by atoms with Crippen molar-refractivity contribution in [1.29, 1.82) is 0 Å². The highest BCUT2D eigenvalue weighted by atomic mass is 35.5. The van der Waals surface area contributed by atoms with Crippen molar-refractivity contribution in [1.82, 2.24) is 25.6 Å². The van der Waals surface area contributed by atoms with Crippen LogP contribution in [0.4, 0.5) is 0 Å². The number of carbonyl (C=O) groups excluding carboxylic acids is 1. The highest BCUT2D eigenvalue weighted by molar-refractivity contribution is 5.91. The Kier molecular flexibility index (Phi) is 7.83. The van der Waals surface area contributed by atoms with E-state index in [1.54, 1.807) is 6.20 Å². The molecule has 0 bridgehead atoms. The van der Waals surface area contributed by atoms with E-state index in [4.69, 9.17) is 4.74 Å². The minimum absolute atomic E-state index is 0. The molecule has 2 aromatic rings. The second-order valence-electron chi connectivity index (χ2n) is 7.94. The number of aromatic nitrogens is 3. The summed E-state index contributed by atoms with van der Waals surface area (Å²) in [7, 11) is 0. The first-order valence-electron chi connectivity index (χ1n) is 9.57. The van der Waals surface area contributed by atoms with Gasteiger partial charge in [-0.2, -0.15) is 0 Å². The van der Waals surface area contributed by atoms with Gasteiger partial charge in [0.15, 0.2) is 5.69 Å². The average Bonchev–Trinajstić information content (AvgIpc) is 3.16. The van der Waals surface area contributed by atoms with Crippen molar-refractivity contribution in [3.63, 3.8) is 0 Å². The van der Waals surface area contributed by atoms with E-state index in [1.165, 1.54) is 5.56 Å². The Balaban J connectivity index is 0.00000280. The number of amides is 1. The van der Waals surface area contributed by atoms with Crippen LogP contribution in [0.3, 0.4) is 0 Å². The van der Waals surface area contributed by atoms with E-state index in [-0.39, 0.29) is 23.7 Å². The minimum Gasteiger partial charge on any atom is -0.492 e. The zero-order chi connectivity index (χ0) is 19.3. The van der Waals surface area contributed by atoms with Crippen LogP contribution < -0.4 is 15.4 Å². The van der Waals surface area contributed by atoms with Gasteiger partial charge in [-0.25, -0.2) is 4.68 Å². The molecule has 1 amide bonds. The topological polar surface area (TPSA) is 81.1 Å². The van der Waals surface area contributed by atoms with Crippen LogP contribution in [0.15, 0.2) is 30.5 Å². The lowest BCUT2D eigenvalue weighted by Crippen LogP contribution is -2.30. The molecule has 1 aliphatic rings. The highest BCUT2D eigenvalue weighted by Crippen LogP contribution is 2.24. The Morgan fingerprint density at radius 3 is 2.57 bits per heavy atom. The fourth-order valence-corrected chi connectivity index (χ4v) is 3.11. The number of benzene rings is 1. The van der Waals surface area contributed by atoms with Crippen LogP contribution in [-0.4, -0.2) is 47.1 Å². The molecule has 2 heterocycles. The largest absolute Gasteiger partial charge is 0.492 e. The Morgan fingerprint density at radius 1 is 1.25 bits per heavy atom. The van der Waals surface area contributed by atoms with E-state index in [1.807, 2.05) is 16.8 Å². The zero-order valence-electron chi connectivity index (χ0n) is 16.8. The lowest BCUT2D eigenvalue weighted by Gasteiger charge is -2.22. The predicted molar refractivity (Wildman–Crippen MR) is 111 cm³/mol. The van der Waals surface area contributed by atoms with Crippen molar-refractivity contribution in [2.45, 2.75) is 45.1 Å². The molecular formula is C20H30ClN5O2. The molecule has 7 nitrogen and oxygen atoms in total. The number of halogens is 1. The number of nitrogens with zero attached hydrogens (tertiary/aromatic N) is 3. The van der Waals surface area contributed by atoms with Gasteiger partial charge in [-0.05, 0) is 49.0 Å². The Bertz CT molecular complexity index is 749. The van der Waals surface area contributed by atoms with Gasteiger partial charge in [-0.1, -0.05) is 38.1 Å². The van der Waals surface area contributed by atoms with Gasteiger partial charge in [0, 0.05) is 0 Å². The molecule has 1 aliphatic heterocycles. The smallest absolute Gasteiger partial charge is 0.273 e. The zero-order valence-corrected chi connectivity index (χ0v) is 17.6. The summed E-state index contributed by atoms with van der Waals surface area (Å²) in [4.78, 5) is 12.2. The maximum atomic E-state index is 12.2. The number of hydrogen-bond donors (Lipinski definition) is 2. The third kappa shape index (κ3) is 5.94. The summed E-state index contributed by atoms with van der Waals surface area (Å²) in [6, 6.07) is 8.40. The van der Waals surface area contributed by atoms with Gasteiger partial charge in [0.1, 0.15) is 12.4 Å². The van der Waals surface area contributed by atoms with Gasteiger partial charge in [-0.3, -0.25) is 4.79 Å². The maximum Gasteiger partial charge on any atom is 0.273 e. The number of ether oxygens (including phenoxy) is 1. The Morgan fingerprint density at radius 2 is 1.93 bits per heavy atom. The maximum absolute atomic E-state index is 12.2. The van der Waals surface area contributed by atoms with Gasteiger partial charge in [-0.15, -0.1) is 17.5 Å². The SMILES string of the molecule is CC(C)(C)c1ccc(OCCNC(=O)c2cn(C3CCNCC3)nn2)cc1.Cl. The van der Waals surface area contributed by atoms with Gasteiger partial charge in [0.05, 0.1) is 18.8 Å². The third-order valence-corrected chi connectivity index (χ3v) is 4.80. The molecule has 28 heavy (non-hydrogen) atoms. The molecule has 0 saturated carbocycles. The molecular weight excluding hydrogens is 378 g/mol. The van der Waals surface area contributed by atoms with Crippen LogP contribution in [0, 0.1) is 0 Å². The summed E-state index contributed by atoms with van der Waals surface area (Å²) in [5.41, 5.74) is 1.74. The second-order valence-corrected chi connectivity index (χ2v) is 7.94. The first-order valence-corrected chi connectivity index (χ1v) is 9.57. The summed E-state index contributed by atoms with van der Waals surface area (Å²) in [6.45, 7) is 9.31. The number of rotatable bonds is 6. The van der Waals surface area contributed by atoms with E-state index in [2.05, 4.69) is 53.8 Å². The fourth-order valence-electron chi connectivity index (χ4n) is 3.11. The van der Waals surface area contributed by atoms with E-state index >= 15 is 0 Å². The summed E-state index contributed by atoms with van der Waals surface area (Å²) in [5, 5.41) is 14.3. The van der Waals surface area contributed by atoms with Crippen molar-refractivity contribution < 1.29 is 9.53 Å². The van der Waals surface area contributed by atoms with Gasteiger partial charge in [0.25, 0.3) is 5.91 Å². The van der Waals surface area contributed by atoms with E-state index in [9.17, 15) is 4.79 Å². The molecule has 8 heteroatoms. The van der Waals surface area contributed by atoms with Crippen molar-refractivity contribution in [2.75, 3.05) is 26.2 Å². The van der Waals surface area contributed by atoms with Crippen LogP contribution in [0.1, 0.15) is 55.7 Å². The molecule has 0 unspecified atom stereocenters. The van der Waals surface area contributed by atoms with Crippen LogP contribution in [0.2, 0.25) is 0 Å². The van der Waals surface area contributed by atoms with E-state index < -0.39 is 0 Å². The first kappa shape index (κ1) is 22.2. The second kappa shape index (κ2) is 9.89. The monoisotopic (exact) mass is 407 g/mol. The van der Waals surface area contributed by atoms with E-state index in [0.29, 0.717) is 24.9 Å².